The van der Waals surface area contributed by atoms with Gasteiger partial charge in [-0.15, -0.1) is 0 Å². The summed E-state index contributed by atoms with van der Waals surface area (Å²) in [4.78, 5) is 27.1. The zero-order valence-electron chi connectivity index (χ0n) is 15.2. The molecule has 0 unspecified atom stereocenters. The van der Waals surface area contributed by atoms with Crippen molar-refractivity contribution in [3.05, 3.63) is 70.5 Å². The minimum atomic E-state index is -0.574. The first-order valence-corrected chi connectivity index (χ1v) is 9.71. The van der Waals surface area contributed by atoms with E-state index < -0.39 is 12.1 Å². The van der Waals surface area contributed by atoms with E-state index in [1.807, 2.05) is 12.1 Å². The first-order chi connectivity index (χ1) is 13.5. The van der Waals surface area contributed by atoms with Gasteiger partial charge in [-0.25, -0.2) is 4.39 Å². The Kier molecular flexibility index (Phi) is 5.33. The summed E-state index contributed by atoms with van der Waals surface area (Å²) in [5.74, 6) is -0.467. The number of fused-ring (bicyclic) bond motifs is 1. The summed E-state index contributed by atoms with van der Waals surface area (Å²) in [5.41, 5.74) is 1.51. The predicted octanol–water partition coefficient (Wildman–Crippen LogP) is 2.28. The molecule has 3 atom stereocenters. The average molecular weight is 402 g/mol. The van der Waals surface area contributed by atoms with E-state index in [1.54, 1.807) is 35.2 Å². The summed E-state index contributed by atoms with van der Waals surface area (Å²) in [6, 6.07) is 12.8. The number of hydrogen-bond acceptors (Lipinski definition) is 3. The molecule has 4 rings (SSSR count). The minimum Gasteiger partial charge on any atom is -0.342 e. The van der Waals surface area contributed by atoms with Crippen LogP contribution in [0.15, 0.2) is 48.5 Å². The van der Waals surface area contributed by atoms with Crippen molar-refractivity contribution in [1.82, 2.24) is 15.5 Å². The maximum Gasteiger partial charge on any atom is 0.246 e. The topological polar surface area (TPSA) is 61.4 Å². The van der Waals surface area contributed by atoms with E-state index in [1.165, 1.54) is 6.07 Å². The van der Waals surface area contributed by atoms with Crippen LogP contribution < -0.4 is 10.6 Å². The fourth-order valence-electron chi connectivity index (χ4n) is 3.90. The van der Waals surface area contributed by atoms with E-state index >= 15 is 0 Å². The van der Waals surface area contributed by atoms with Crippen LogP contribution in [0.5, 0.6) is 0 Å². The third-order valence-corrected chi connectivity index (χ3v) is 5.65. The largest absolute Gasteiger partial charge is 0.342 e. The molecule has 0 bridgehead atoms. The standard InChI is InChI=1S/C21H21ClFN3O2/c22-15-7-5-13(6-8-15)9-18-21(28)26-12-16(10-19(26)20(27)25-18)24-11-14-3-1-2-4-17(14)23/h1-8,16,18-19,24H,9-12H2,(H,25,27)/t16-,18-,19-/m0/s1. The minimum absolute atomic E-state index is 0.0476. The number of rotatable bonds is 5. The zero-order chi connectivity index (χ0) is 19.7. The highest BCUT2D eigenvalue weighted by Crippen LogP contribution is 2.24. The number of carbonyl (C=O) groups excluding carboxylic acids is 2. The Morgan fingerprint density at radius 2 is 1.89 bits per heavy atom. The van der Waals surface area contributed by atoms with Crippen molar-refractivity contribution in [2.75, 3.05) is 6.54 Å². The van der Waals surface area contributed by atoms with Crippen LogP contribution in [0.4, 0.5) is 4.39 Å². The van der Waals surface area contributed by atoms with Gasteiger partial charge in [-0.05, 0) is 30.2 Å². The van der Waals surface area contributed by atoms with Crippen molar-refractivity contribution in [3.63, 3.8) is 0 Å². The number of carbonyl (C=O) groups is 2. The second-order valence-electron chi connectivity index (χ2n) is 7.30. The number of hydrogen-bond donors (Lipinski definition) is 2. The monoisotopic (exact) mass is 401 g/mol. The fraction of sp³-hybridized carbons (Fsp3) is 0.333. The smallest absolute Gasteiger partial charge is 0.246 e. The molecule has 2 aromatic rings. The van der Waals surface area contributed by atoms with E-state index in [0.29, 0.717) is 36.5 Å². The number of benzene rings is 2. The molecule has 0 radical (unpaired) electrons. The lowest BCUT2D eigenvalue weighted by Crippen LogP contribution is -2.61. The number of amides is 2. The highest BCUT2D eigenvalue weighted by Gasteiger charge is 2.46. The Balaban J connectivity index is 1.40. The molecule has 0 spiro atoms. The molecule has 2 aliphatic rings. The summed E-state index contributed by atoms with van der Waals surface area (Å²) in [7, 11) is 0. The SMILES string of the molecule is O=C1N[C@@H](Cc2ccc(Cl)cc2)C(=O)N2C[C@@H](NCc3ccccc3F)C[C@@H]12. The van der Waals surface area contributed by atoms with Crippen LogP contribution in [0.1, 0.15) is 17.5 Å². The van der Waals surface area contributed by atoms with Crippen molar-refractivity contribution in [3.8, 4) is 0 Å². The van der Waals surface area contributed by atoms with Crippen LogP contribution in [0.3, 0.4) is 0 Å². The molecular formula is C21H21ClFN3O2. The molecule has 2 amide bonds. The Morgan fingerprint density at radius 1 is 1.14 bits per heavy atom. The normalized spacial score (nSPS) is 24.2. The molecule has 2 heterocycles. The molecule has 7 heteroatoms. The number of nitrogens with zero attached hydrogens (tertiary/aromatic N) is 1. The molecule has 0 saturated carbocycles. The summed E-state index contributed by atoms with van der Waals surface area (Å²) in [6.45, 7) is 0.810. The van der Waals surface area contributed by atoms with E-state index in [4.69, 9.17) is 11.6 Å². The molecule has 0 aliphatic carbocycles. The van der Waals surface area contributed by atoms with Gasteiger partial charge in [-0.3, -0.25) is 9.59 Å². The van der Waals surface area contributed by atoms with E-state index in [9.17, 15) is 14.0 Å². The Morgan fingerprint density at radius 3 is 2.64 bits per heavy atom. The molecule has 28 heavy (non-hydrogen) atoms. The molecule has 2 aliphatic heterocycles. The second-order valence-corrected chi connectivity index (χ2v) is 7.74. The third kappa shape index (κ3) is 3.88. The van der Waals surface area contributed by atoms with Gasteiger partial charge in [0.05, 0.1) is 0 Å². The van der Waals surface area contributed by atoms with Crippen molar-refractivity contribution < 1.29 is 14.0 Å². The van der Waals surface area contributed by atoms with Gasteiger partial charge in [0, 0.05) is 36.1 Å². The molecule has 5 nitrogen and oxygen atoms in total. The number of nitrogens with one attached hydrogen (secondary N) is 2. The zero-order valence-corrected chi connectivity index (χ0v) is 16.0. The maximum atomic E-state index is 13.8. The predicted molar refractivity (Wildman–Crippen MR) is 104 cm³/mol. The van der Waals surface area contributed by atoms with Crippen molar-refractivity contribution in [1.29, 1.82) is 0 Å². The van der Waals surface area contributed by atoms with E-state index in [-0.39, 0.29) is 23.7 Å². The van der Waals surface area contributed by atoms with Gasteiger partial charge in [-0.2, -0.15) is 0 Å². The lowest BCUT2D eigenvalue weighted by molar-refractivity contribution is -0.147. The Bertz CT molecular complexity index is 889. The third-order valence-electron chi connectivity index (χ3n) is 5.39. The Labute approximate surface area is 167 Å². The van der Waals surface area contributed by atoms with Gasteiger partial charge < -0.3 is 15.5 Å². The van der Waals surface area contributed by atoms with Crippen molar-refractivity contribution in [2.24, 2.45) is 0 Å². The number of halogens is 2. The highest BCUT2D eigenvalue weighted by atomic mass is 35.5. The summed E-state index contributed by atoms with van der Waals surface area (Å²) in [6.07, 6.45) is 0.956. The molecule has 2 aromatic carbocycles. The second kappa shape index (κ2) is 7.89. The van der Waals surface area contributed by atoms with Crippen LogP contribution >= 0.6 is 11.6 Å². The van der Waals surface area contributed by atoms with Gasteiger partial charge in [0.15, 0.2) is 0 Å². The maximum absolute atomic E-state index is 13.8. The molecule has 2 N–H and O–H groups in total. The first kappa shape index (κ1) is 18.9. The number of piperazine rings is 1. The van der Waals surface area contributed by atoms with Crippen LogP contribution in [-0.2, 0) is 22.6 Å². The first-order valence-electron chi connectivity index (χ1n) is 9.33. The van der Waals surface area contributed by atoms with E-state index in [2.05, 4.69) is 10.6 Å². The summed E-state index contributed by atoms with van der Waals surface area (Å²) < 4.78 is 13.8. The van der Waals surface area contributed by atoms with Gasteiger partial charge in [0.25, 0.3) is 0 Å². The fourth-order valence-corrected chi connectivity index (χ4v) is 4.02. The lowest BCUT2D eigenvalue weighted by Gasteiger charge is -2.34. The Hall–Kier alpha value is -2.44. The molecule has 146 valence electrons. The quantitative estimate of drug-likeness (QED) is 0.808. The molecule has 2 saturated heterocycles. The van der Waals surface area contributed by atoms with Gasteiger partial charge in [0.1, 0.15) is 17.9 Å². The lowest BCUT2D eigenvalue weighted by atomic mass is 10.0. The van der Waals surface area contributed by atoms with Crippen LogP contribution in [-0.4, -0.2) is 41.4 Å². The molecule has 0 aromatic heterocycles. The van der Waals surface area contributed by atoms with Crippen molar-refractivity contribution in [2.45, 2.75) is 37.5 Å². The molecular weight excluding hydrogens is 381 g/mol. The van der Waals surface area contributed by atoms with E-state index in [0.717, 1.165) is 5.56 Å². The average Bonchev–Trinajstić information content (AvgIpc) is 3.12. The van der Waals surface area contributed by atoms with Crippen LogP contribution in [0.2, 0.25) is 5.02 Å². The van der Waals surface area contributed by atoms with Gasteiger partial charge >= 0.3 is 0 Å². The molecule has 2 fully saturated rings. The summed E-state index contributed by atoms with van der Waals surface area (Å²) >= 11 is 5.90. The highest BCUT2D eigenvalue weighted by molar-refractivity contribution is 6.30. The summed E-state index contributed by atoms with van der Waals surface area (Å²) in [5, 5.41) is 6.76. The van der Waals surface area contributed by atoms with Crippen LogP contribution in [0.25, 0.3) is 0 Å². The van der Waals surface area contributed by atoms with Gasteiger partial charge in [0.2, 0.25) is 11.8 Å². The van der Waals surface area contributed by atoms with Crippen LogP contribution in [0, 0.1) is 5.82 Å². The van der Waals surface area contributed by atoms with Crippen molar-refractivity contribution >= 4 is 23.4 Å². The van der Waals surface area contributed by atoms with Gasteiger partial charge in [-0.1, -0.05) is 41.9 Å².